The minimum atomic E-state index is -4.06. The topological polar surface area (TPSA) is 105 Å². The summed E-state index contributed by atoms with van der Waals surface area (Å²) in [5, 5.41) is 10.3. The number of rotatable bonds is 6. The van der Waals surface area contributed by atoms with E-state index in [-0.39, 0.29) is 17.0 Å². The number of methoxy groups -OCH3 is 1. The molecule has 1 aliphatic heterocycles. The van der Waals surface area contributed by atoms with Gasteiger partial charge in [-0.05, 0) is 70.2 Å². The zero-order valence-electron chi connectivity index (χ0n) is 18.0. The van der Waals surface area contributed by atoms with Crippen LogP contribution in [0.25, 0.3) is 0 Å². The van der Waals surface area contributed by atoms with Crippen LogP contribution in [0.4, 0.5) is 9.18 Å². The van der Waals surface area contributed by atoms with Crippen LogP contribution < -0.4 is 4.72 Å². The molecule has 30 heavy (non-hydrogen) atoms. The van der Waals surface area contributed by atoms with Crippen molar-refractivity contribution in [3.05, 3.63) is 29.6 Å². The Bertz CT molecular complexity index is 855. The number of aliphatic hydroxyl groups is 1. The summed E-state index contributed by atoms with van der Waals surface area (Å²) in [6.45, 7) is 7.44. The van der Waals surface area contributed by atoms with Crippen LogP contribution in [0.1, 0.15) is 39.2 Å². The van der Waals surface area contributed by atoms with E-state index in [4.69, 9.17) is 9.47 Å². The Balaban J connectivity index is 2.22. The monoisotopic (exact) mass is 446 g/mol. The summed E-state index contributed by atoms with van der Waals surface area (Å²) in [6, 6.07) is 2.46. The summed E-state index contributed by atoms with van der Waals surface area (Å²) in [7, 11) is -2.79. The number of carbonyl (C=O) groups is 1. The lowest BCUT2D eigenvalue weighted by molar-refractivity contribution is -0.109. The number of likely N-dealkylation sites (tertiary alicyclic amines) is 1. The van der Waals surface area contributed by atoms with E-state index in [9.17, 15) is 22.7 Å². The summed E-state index contributed by atoms with van der Waals surface area (Å²) in [5.41, 5.74) is -0.465. The molecule has 8 nitrogen and oxygen atoms in total. The fraction of sp³-hybridized carbons (Fsp3) is 0.650. The molecule has 1 aromatic rings. The highest BCUT2D eigenvalue weighted by molar-refractivity contribution is 7.89. The first-order valence-electron chi connectivity index (χ1n) is 9.81. The molecule has 1 heterocycles. The molecule has 2 rings (SSSR count). The largest absolute Gasteiger partial charge is 0.444 e. The van der Waals surface area contributed by atoms with E-state index < -0.39 is 45.8 Å². The second-order valence-electron chi connectivity index (χ2n) is 8.51. The molecule has 3 unspecified atom stereocenters. The van der Waals surface area contributed by atoms with Crippen molar-refractivity contribution in [3.8, 4) is 0 Å². The number of amides is 1. The molecule has 2 N–H and O–H groups in total. The molecule has 0 saturated carbocycles. The zero-order valence-corrected chi connectivity index (χ0v) is 18.8. The van der Waals surface area contributed by atoms with Crippen LogP contribution in [-0.4, -0.2) is 62.6 Å². The summed E-state index contributed by atoms with van der Waals surface area (Å²) in [6.07, 6.45) is -0.719. The summed E-state index contributed by atoms with van der Waals surface area (Å²) in [5.74, 6) is -0.916. The van der Waals surface area contributed by atoms with Crippen molar-refractivity contribution in [1.29, 1.82) is 0 Å². The molecule has 3 atom stereocenters. The predicted molar refractivity (Wildman–Crippen MR) is 109 cm³/mol. The van der Waals surface area contributed by atoms with E-state index in [0.29, 0.717) is 19.4 Å². The molecule has 0 radical (unpaired) electrons. The molecule has 1 aromatic carbocycles. The van der Waals surface area contributed by atoms with Crippen LogP contribution in [0.5, 0.6) is 0 Å². The highest BCUT2D eigenvalue weighted by Gasteiger charge is 2.37. The van der Waals surface area contributed by atoms with Gasteiger partial charge in [-0.15, -0.1) is 0 Å². The number of ether oxygens (including phenoxy) is 2. The summed E-state index contributed by atoms with van der Waals surface area (Å²) < 4.78 is 52.2. The number of aryl methyl sites for hydroxylation is 1. The Morgan fingerprint density at radius 2 is 2.03 bits per heavy atom. The lowest BCUT2D eigenvalue weighted by Crippen LogP contribution is -2.54. The number of carbonyl (C=O) groups excluding carboxylic acids is 1. The summed E-state index contributed by atoms with van der Waals surface area (Å²) in [4.78, 5) is 13.8. The molecule has 170 valence electrons. The highest BCUT2D eigenvalue weighted by Crippen LogP contribution is 2.25. The lowest BCUT2D eigenvalue weighted by Gasteiger charge is -2.38. The normalized spacial score (nSPS) is 20.0. The third-order valence-electron chi connectivity index (χ3n) is 4.90. The molecule has 0 bridgehead atoms. The zero-order chi connectivity index (χ0) is 22.7. The number of sulfonamides is 1. The molecule has 1 aliphatic rings. The predicted octanol–water partition coefficient (Wildman–Crippen LogP) is 2.39. The number of halogens is 1. The van der Waals surface area contributed by atoms with Crippen LogP contribution in [0.2, 0.25) is 0 Å². The van der Waals surface area contributed by atoms with Crippen LogP contribution in [0.15, 0.2) is 23.1 Å². The Morgan fingerprint density at radius 3 is 2.60 bits per heavy atom. The maximum atomic E-state index is 13.5. The lowest BCUT2D eigenvalue weighted by atomic mass is 9.91. The Morgan fingerprint density at radius 1 is 1.37 bits per heavy atom. The molecule has 1 saturated heterocycles. The van der Waals surface area contributed by atoms with Gasteiger partial charge in [0.15, 0.2) is 6.29 Å². The van der Waals surface area contributed by atoms with Gasteiger partial charge in [-0.1, -0.05) is 0 Å². The number of hydrogen-bond acceptors (Lipinski definition) is 6. The Labute approximate surface area is 177 Å². The van der Waals surface area contributed by atoms with Crippen molar-refractivity contribution in [2.75, 3.05) is 20.2 Å². The smallest absolute Gasteiger partial charge is 0.410 e. The molecule has 0 aliphatic carbocycles. The Hall–Kier alpha value is -1.75. The average molecular weight is 447 g/mol. The van der Waals surface area contributed by atoms with Gasteiger partial charge in [-0.3, -0.25) is 0 Å². The van der Waals surface area contributed by atoms with Gasteiger partial charge >= 0.3 is 6.09 Å². The molecule has 1 fully saturated rings. The van der Waals surface area contributed by atoms with Crippen LogP contribution in [0.3, 0.4) is 0 Å². The van der Waals surface area contributed by atoms with Crippen LogP contribution >= 0.6 is 0 Å². The number of benzene rings is 1. The van der Waals surface area contributed by atoms with Gasteiger partial charge in [0.1, 0.15) is 11.4 Å². The fourth-order valence-electron chi connectivity index (χ4n) is 3.36. The molecule has 0 spiro atoms. The second-order valence-corrected chi connectivity index (χ2v) is 10.2. The standard InChI is InChI=1S/C20H31FN2O6S/c1-13-11-15(8-9-16(13)21)30(26,27)22-17(18(24)28-5)14-7-6-10-23(12-14)19(25)29-20(2,3)4/h8-9,11,14,17-18,22,24H,6-7,10,12H2,1-5H3. The first-order chi connectivity index (χ1) is 13.8. The van der Waals surface area contributed by atoms with Gasteiger partial charge < -0.3 is 19.5 Å². The van der Waals surface area contributed by atoms with Crippen molar-refractivity contribution >= 4 is 16.1 Å². The molecular weight excluding hydrogens is 415 g/mol. The maximum Gasteiger partial charge on any atom is 0.410 e. The minimum absolute atomic E-state index is 0.116. The average Bonchev–Trinajstić information content (AvgIpc) is 2.66. The maximum absolute atomic E-state index is 13.5. The van der Waals surface area contributed by atoms with E-state index in [1.54, 1.807) is 20.8 Å². The van der Waals surface area contributed by atoms with Crippen LogP contribution in [0, 0.1) is 18.7 Å². The minimum Gasteiger partial charge on any atom is -0.444 e. The van der Waals surface area contributed by atoms with Crippen molar-refractivity contribution in [2.45, 2.75) is 63.4 Å². The second kappa shape index (κ2) is 9.59. The van der Waals surface area contributed by atoms with E-state index in [1.807, 2.05) is 0 Å². The summed E-state index contributed by atoms with van der Waals surface area (Å²) >= 11 is 0. The SMILES string of the molecule is COC(O)C(NS(=O)(=O)c1ccc(F)c(C)c1)C1CCCN(C(=O)OC(C)(C)C)C1. The van der Waals surface area contributed by atoms with Gasteiger partial charge in [0.2, 0.25) is 10.0 Å². The Kier molecular flexibility index (Phi) is 7.84. The number of aliphatic hydroxyl groups excluding tert-OH is 1. The van der Waals surface area contributed by atoms with Crippen molar-refractivity contribution in [3.63, 3.8) is 0 Å². The number of hydrogen-bond donors (Lipinski definition) is 2. The number of nitrogens with one attached hydrogen (secondary N) is 1. The third-order valence-corrected chi connectivity index (χ3v) is 6.35. The molecule has 10 heteroatoms. The van der Waals surface area contributed by atoms with Crippen molar-refractivity contribution in [2.24, 2.45) is 5.92 Å². The van der Waals surface area contributed by atoms with E-state index in [0.717, 1.165) is 12.1 Å². The van der Waals surface area contributed by atoms with E-state index in [1.165, 1.54) is 25.0 Å². The van der Waals surface area contributed by atoms with Gasteiger partial charge in [-0.2, -0.15) is 0 Å². The van der Waals surface area contributed by atoms with E-state index in [2.05, 4.69) is 4.72 Å². The third kappa shape index (κ3) is 6.37. The van der Waals surface area contributed by atoms with Crippen molar-refractivity contribution in [1.82, 2.24) is 9.62 Å². The quantitative estimate of drug-likeness (QED) is 0.650. The molecular formula is C20H31FN2O6S. The highest BCUT2D eigenvalue weighted by atomic mass is 32.2. The number of piperidine rings is 1. The van der Waals surface area contributed by atoms with Gasteiger partial charge in [-0.25, -0.2) is 22.3 Å². The van der Waals surface area contributed by atoms with Gasteiger partial charge in [0, 0.05) is 20.2 Å². The number of nitrogens with zero attached hydrogens (tertiary/aromatic N) is 1. The first-order valence-corrected chi connectivity index (χ1v) is 11.3. The van der Waals surface area contributed by atoms with E-state index >= 15 is 0 Å². The molecule has 0 aromatic heterocycles. The first kappa shape index (κ1) is 24.5. The van der Waals surface area contributed by atoms with Crippen LogP contribution in [-0.2, 0) is 19.5 Å². The molecule has 1 amide bonds. The van der Waals surface area contributed by atoms with Crippen molar-refractivity contribution < 1.29 is 32.2 Å². The van der Waals surface area contributed by atoms with Gasteiger partial charge in [0.05, 0.1) is 10.9 Å². The fourth-order valence-corrected chi connectivity index (χ4v) is 4.74. The van der Waals surface area contributed by atoms with Gasteiger partial charge in [0.25, 0.3) is 0 Å².